The second-order valence-corrected chi connectivity index (χ2v) is 7.90. The van der Waals surface area contributed by atoms with Crippen LogP contribution in [0.25, 0.3) is 0 Å². The van der Waals surface area contributed by atoms with Crippen LogP contribution in [0.3, 0.4) is 0 Å². The maximum absolute atomic E-state index is 9.11. The first kappa shape index (κ1) is 18.1. The lowest BCUT2D eigenvalue weighted by Crippen LogP contribution is -2.35. The van der Waals surface area contributed by atoms with Gasteiger partial charge in [0.2, 0.25) is 0 Å². The smallest absolute Gasteiger partial charge is 0.146 e. The molecule has 27 heavy (non-hydrogen) atoms. The number of likely N-dealkylation sites (tertiary alicyclic amines) is 2. The molecule has 2 aliphatic rings. The van der Waals surface area contributed by atoms with Crippen molar-refractivity contribution in [1.29, 1.82) is 5.26 Å². The van der Waals surface area contributed by atoms with E-state index in [1.54, 1.807) is 0 Å². The molecular formula is C21H28N6. The molecule has 6 nitrogen and oxygen atoms in total. The van der Waals surface area contributed by atoms with E-state index in [4.69, 9.17) is 5.26 Å². The highest BCUT2D eigenvalue weighted by atomic mass is 15.3. The molecule has 2 aromatic rings. The Bertz CT molecular complexity index is 814. The number of piperidine rings is 1. The first-order chi connectivity index (χ1) is 13.2. The standard InChI is InChI=1S/C21H28N6/c1-25-20(16-26-9-2-3-10-26)23-24-21(25)19-8-5-11-27(15-19)14-18-7-4-6-17(12-18)13-22/h4,6-7,12,19H,2-3,5,8-11,14-16H2,1H3/t19-/m1/s1. The molecular weight excluding hydrogens is 336 g/mol. The van der Waals surface area contributed by atoms with Gasteiger partial charge < -0.3 is 4.57 Å². The SMILES string of the molecule is Cn1c(CN2CCCC2)nnc1[C@@H]1CCCN(Cc2cccc(C#N)c2)C1. The number of aromatic nitrogens is 3. The summed E-state index contributed by atoms with van der Waals surface area (Å²) in [6, 6.07) is 10.2. The summed E-state index contributed by atoms with van der Waals surface area (Å²) in [5.74, 6) is 2.65. The zero-order valence-electron chi connectivity index (χ0n) is 16.1. The summed E-state index contributed by atoms with van der Waals surface area (Å²) in [6.07, 6.45) is 4.95. The molecule has 2 saturated heterocycles. The predicted molar refractivity (Wildman–Crippen MR) is 104 cm³/mol. The molecule has 2 fully saturated rings. The van der Waals surface area contributed by atoms with E-state index in [0.717, 1.165) is 43.4 Å². The van der Waals surface area contributed by atoms with Gasteiger partial charge in [-0.2, -0.15) is 5.26 Å². The molecule has 0 bridgehead atoms. The summed E-state index contributed by atoms with van der Waals surface area (Å²) < 4.78 is 2.22. The van der Waals surface area contributed by atoms with Gasteiger partial charge in [0.05, 0.1) is 18.2 Å². The van der Waals surface area contributed by atoms with E-state index in [1.165, 1.54) is 44.3 Å². The molecule has 0 saturated carbocycles. The van der Waals surface area contributed by atoms with Crippen LogP contribution in [0.5, 0.6) is 0 Å². The first-order valence-electron chi connectivity index (χ1n) is 10.0. The van der Waals surface area contributed by atoms with Crippen LogP contribution in [0.15, 0.2) is 24.3 Å². The fourth-order valence-corrected chi connectivity index (χ4v) is 4.42. The molecule has 0 amide bonds. The van der Waals surface area contributed by atoms with Gasteiger partial charge in [-0.05, 0) is 63.0 Å². The molecule has 0 unspecified atom stereocenters. The van der Waals surface area contributed by atoms with Gasteiger partial charge in [0, 0.05) is 26.1 Å². The van der Waals surface area contributed by atoms with Crippen LogP contribution in [-0.2, 0) is 20.1 Å². The number of nitriles is 1. The van der Waals surface area contributed by atoms with Crippen LogP contribution >= 0.6 is 0 Å². The maximum Gasteiger partial charge on any atom is 0.146 e. The van der Waals surface area contributed by atoms with E-state index < -0.39 is 0 Å². The second-order valence-electron chi connectivity index (χ2n) is 7.90. The molecule has 1 aromatic heterocycles. The molecule has 2 aliphatic heterocycles. The zero-order chi connectivity index (χ0) is 18.6. The fourth-order valence-electron chi connectivity index (χ4n) is 4.42. The predicted octanol–water partition coefficient (Wildman–Crippen LogP) is 2.66. The van der Waals surface area contributed by atoms with Gasteiger partial charge in [0.1, 0.15) is 11.6 Å². The van der Waals surface area contributed by atoms with Crippen molar-refractivity contribution in [3.8, 4) is 6.07 Å². The number of hydrogen-bond acceptors (Lipinski definition) is 5. The van der Waals surface area contributed by atoms with Gasteiger partial charge in [-0.3, -0.25) is 9.80 Å². The van der Waals surface area contributed by atoms with Crippen LogP contribution < -0.4 is 0 Å². The Morgan fingerprint density at radius 1 is 1.07 bits per heavy atom. The Balaban J connectivity index is 1.42. The molecule has 1 aromatic carbocycles. The Morgan fingerprint density at radius 3 is 2.70 bits per heavy atom. The maximum atomic E-state index is 9.11. The fraction of sp³-hybridized carbons (Fsp3) is 0.571. The first-order valence-corrected chi connectivity index (χ1v) is 10.0. The normalized spacial score (nSPS) is 21.4. The quantitative estimate of drug-likeness (QED) is 0.816. The van der Waals surface area contributed by atoms with Gasteiger partial charge in [0.25, 0.3) is 0 Å². The van der Waals surface area contributed by atoms with E-state index in [0.29, 0.717) is 5.92 Å². The summed E-state index contributed by atoms with van der Waals surface area (Å²) in [4.78, 5) is 4.96. The minimum absolute atomic E-state index is 0.433. The highest BCUT2D eigenvalue weighted by Gasteiger charge is 2.26. The van der Waals surface area contributed by atoms with Crippen LogP contribution in [0.1, 0.15) is 54.4 Å². The largest absolute Gasteiger partial charge is 0.317 e. The molecule has 4 rings (SSSR count). The van der Waals surface area contributed by atoms with E-state index >= 15 is 0 Å². The van der Waals surface area contributed by atoms with Crippen molar-refractivity contribution in [2.45, 2.75) is 44.7 Å². The summed E-state index contributed by atoms with van der Waals surface area (Å²) in [5.41, 5.74) is 1.95. The van der Waals surface area contributed by atoms with Crippen LogP contribution in [0.2, 0.25) is 0 Å². The molecule has 1 atom stereocenters. The summed E-state index contributed by atoms with van der Waals surface area (Å²) in [5, 5.41) is 18.2. The molecule has 0 spiro atoms. The molecule has 3 heterocycles. The van der Waals surface area contributed by atoms with E-state index in [2.05, 4.69) is 43.7 Å². The van der Waals surface area contributed by atoms with Gasteiger partial charge in [-0.1, -0.05) is 12.1 Å². The van der Waals surface area contributed by atoms with Crippen molar-refractivity contribution in [2.24, 2.45) is 7.05 Å². The van der Waals surface area contributed by atoms with Crippen molar-refractivity contribution >= 4 is 0 Å². The van der Waals surface area contributed by atoms with Crippen molar-refractivity contribution < 1.29 is 0 Å². The summed E-state index contributed by atoms with van der Waals surface area (Å²) in [7, 11) is 2.12. The summed E-state index contributed by atoms with van der Waals surface area (Å²) >= 11 is 0. The minimum atomic E-state index is 0.433. The highest BCUT2D eigenvalue weighted by Crippen LogP contribution is 2.27. The second kappa shape index (κ2) is 8.20. The average molecular weight is 364 g/mol. The molecule has 0 radical (unpaired) electrons. The van der Waals surface area contributed by atoms with Crippen molar-refractivity contribution in [3.63, 3.8) is 0 Å². The zero-order valence-corrected chi connectivity index (χ0v) is 16.1. The Hall–Kier alpha value is -2.23. The molecule has 0 aliphatic carbocycles. The van der Waals surface area contributed by atoms with Gasteiger partial charge in [0.15, 0.2) is 0 Å². The topological polar surface area (TPSA) is 61.0 Å². The number of hydrogen-bond donors (Lipinski definition) is 0. The molecule has 6 heteroatoms. The third-order valence-electron chi connectivity index (χ3n) is 5.90. The van der Waals surface area contributed by atoms with Crippen LogP contribution in [0.4, 0.5) is 0 Å². The van der Waals surface area contributed by atoms with Gasteiger partial charge in [-0.25, -0.2) is 0 Å². The van der Waals surface area contributed by atoms with E-state index in [1.807, 2.05) is 18.2 Å². The Labute approximate surface area is 161 Å². The highest BCUT2D eigenvalue weighted by molar-refractivity contribution is 5.32. The van der Waals surface area contributed by atoms with Crippen LogP contribution in [-0.4, -0.2) is 50.7 Å². The van der Waals surface area contributed by atoms with Gasteiger partial charge in [-0.15, -0.1) is 10.2 Å². The third kappa shape index (κ3) is 4.20. The van der Waals surface area contributed by atoms with E-state index in [-0.39, 0.29) is 0 Å². The molecule has 0 N–H and O–H groups in total. The third-order valence-corrected chi connectivity index (χ3v) is 5.90. The van der Waals surface area contributed by atoms with Gasteiger partial charge >= 0.3 is 0 Å². The van der Waals surface area contributed by atoms with Crippen LogP contribution in [0, 0.1) is 11.3 Å². The Kier molecular flexibility index (Phi) is 5.51. The lowest BCUT2D eigenvalue weighted by Gasteiger charge is -2.32. The number of nitrogens with zero attached hydrogens (tertiary/aromatic N) is 6. The molecule has 142 valence electrons. The monoisotopic (exact) mass is 364 g/mol. The number of benzene rings is 1. The Morgan fingerprint density at radius 2 is 1.89 bits per heavy atom. The van der Waals surface area contributed by atoms with E-state index in [9.17, 15) is 0 Å². The van der Waals surface area contributed by atoms with Crippen molar-refractivity contribution in [1.82, 2.24) is 24.6 Å². The summed E-state index contributed by atoms with van der Waals surface area (Å²) in [6.45, 7) is 6.28. The minimum Gasteiger partial charge on any atom is -0.317 e. The lowest BCUT2D eigenvalue weighted by molar-refractivity contribution is 0.195. The lowest BCUT2D eigenvalue weighted by atomic mass is 9.96. The van der Waals surface area contributed by atoms with Crippen molar-refractivity contribution in [3.05, 3.63) is 47.0 Å². The number of rotatable bonds is 5. The average Bonchev–Trinajstić information content (AvgIpc) is 3.33. The van der Waals surface area contributed by atoms with Crippen molar-refractivity contribution in [2.75, 3.05) is 26.2 Å².